The normalized spacial score (nSPS) is 10.9. The van der Waals surface area contributed by atoms with Gasteiger partial charge in [-0.25, -0.2) is 0 Å². The van der Waals surface area contributed by atoms with Gasteiger partial charge in [0.05, 0.1) is 38.6 Å². The smallest absolute Gasteiger partial charge is 0.224 e. The van der Waals surface area contributed by atoms with E-state index >= 15 is 0 Å². The summed E-state index contributed by atoms with van der Waals surface area (Å²) in [6, 6.07) is 24.9. The SMILES string of the molecule is COc1ccc(CC(=O)NC/C(=N/Nc2ccccc2)c2ccccc2)cc1OC. The zero-order chi connectivity index (χ0) is 21.2. The molecule has 3 rings (SSSR count). The number of nitrogens with one attached hydrogen (secondary N) is 2. The Hall–Kier alpha value is -3.80. The number of benzene rings is 3. The summed E-state index contributed by atoms with van der Waals surface area (Å²) in [6.07, 6.45) is 0.231. The van der Waals surface area contributed by atoms with Gasteiger partial charge in [-0.2, -0.15) is 5.10 Å². The summed E-state index contributed by atoms with van der Waals surface area (Å²) in [7, 11) is 3.15. The molecule has 0 aliphatic carbocycles. The molecule has 0 aliphatic heterocycles. The average Bonchev–Trinajstić information content (AvgIpc) is 2.80. The van der Waals surface area contributed by atoms with Crippen molar-refractivity contribution >= 4 is 17.3 Å². The van der Waals surface area contributed by atoms with Crippen LogP contribution in [0, 0.1) is 0 Å². The van der Waals surface area contributed by atoms with Crippen molar-refractivity contribution in [3.63, 3.8) is 0 Å². The quantitative estimate of drug-likeness (QED) is 0.420. The van der Waals surface area contributed by atoms with Gasteiger partial charge in [-0.05, 0) is 35.4 Å². The van der Waals surface area contributed by atoms with Gasteiger partial charge < -0.3 is 14.8 Å². The standard InChI is InChI=1S/C24H25N3O3/c1-29-22-14-13-18(15-23(22)30-2)16-24(28)25-17-21(19-9-5-3-6-10-19)27-26-20-11-7-4-8-12-20/h3-15,26H,16-17H2,1-2H3,(H,25,28)/b27-21-. The van der Waals surface area contributed by atoms with Crippen LogP contribution in [0.25, 0.3) is 0 Å². The van der Waals surface area contributed by atoms with Crippen LogP contribution in [0.5, 0.6) is 11.5 Å². The number of anilines is 1. The number of carbonyl (C=O) groups excluding carboxylic acids is 1. The van der Waals surface area contributed by atoms with Crippen molar-refractivity contribution in [1.82, 2.24) is 5.32 Å². The summed E-state index contributed by atoms with van der Waals surface area (Å²) in [5.74, 6) is 1.12. The first kappa shape index (κ1) is 20.9. The van der Waals surface area contributed by atoms with E-state index in [1.807, 2.05) is 72.8 Å². The van der Waals surface area contributed by atoms with Crippen LogP contribution < -0.4 is 20.2 Å². The molecule has 2 N–H and O–H groups in total. The van der Waals surface area contributed by atoms with Crippen molar-refractivity contribution in [1.29, 1.82) is 0 Å². The lowest BCUT2D eigenvalue weighted by molar-refractivity contribution is -0.120. The summed E-state index contributed by atoms with van der Waals surface area (Å²) >= 11 is 0. The van der Waals surface area contributed by atoms with Gasteiger partial charge in [-0.15, -0.1) is 0 Å². The zero-order valence-corrected chi connectivity index (χ0v) is 17.1. The Morgan fingerprint density at radius 3 is 2.20 bits per heavy atom. The van der Waals surface area contributed by atoms with Gasteiger partial charge in [0, 0.05) is 0 Å². The number of carbonyl (C=O) groups is 1. The highest BCUT2D eigenvalue weighted by molar-refractivity contribution is 6.03. The summed E-state index contributed by atoms with van der Waals surface area (Å²) < 4.78 is 10.5. The molecule has 0 atom stereocenters. The van der Waals surface area contributed by atoms with Gasteiger partial charge in [0.25, 0.3) is 0 Å². The molecule has 30 heavy (non-hydrogen) atoms. The van der Waals surface area contributed by atoms with Gasteiger partial charge in [0.1, 0.15) is 0 Å². The Labute approximate surface area is 176 Å². The number of para-hydroxylation sites is 1. The molecule has 0 radical (unpaired) electrons. The first-order valence-electron chi connectivity index (χ1n) is 9.60. The molecule has 6 heteroatoms. The molecule has 0 spiro atoms. The minimum absolute atomic E-state index is 0.106. The molecule has 0 aromatic heterocycles. The number of methoxy groups -OCH3 is 2. The summed E-state index contributed by atoms with van der Waals surface area (Å²) in [4.78, 5) is 12.5. The van der Waals surface area contributed by atoms with Crippen LogP contribution in [0.1, 0.15) is 11.1 Å². The highest BCUT2D eigenvalue weighted by atomic mass is 16.5. The third-order valence-electron chi connectivity index (χ3n) is 4.47. The second-order valence-corrected chi connectivity index (χ2v) is 6.55. The number of hydrogen-bond acceptors (Lipinski definition) is 5. The third-order valence-corrected chi connectivity index (χ3v) is 4.47. The van der Waals surface area contributed by atoms with Crippen molar-refractivity contribution in [2.24, 2.45) is 5.10 Å². The van der Waals surface area contributed by atoms with Crippen LogP contribution in [0.4, 0.5) is 5.69 Å². The second-order valence-electron chi connectivity index (χ2n) is 6.55. The highest BCUT2D eigenvalue weighted by Gasteiger charge is 2.10. The van der Waals surface area contributed by atoms with Crippen molar-refractivity contribution < 1.29 is 14.3 Å². The molecule has 154 valence electrons. The van der Waals surface area contributed by atoms with Gasteiger partial charge in [-0.3, -0.25) is 10.2 Å². The van der Waals surface area contributed by atoms with E-state index < -0.39 is 0 Å². The first-order chi connectivity index (χ1) is 14.7. The van der Waals surface area contributed by atoms with Gasteiger partial charge in [0.15, 0.2) is 11.5 Å². The second kappa shape index (κ2) is 10.7. The predicted octanol–water partition coefficient (Wildman–Crippen LogP) is 3.88. The van der Waals surface area contributed by atoms with E-state index in [9.17, 15) is 4.79 Å². The Morgan fingerprint density at radius 2 is 1.53 bits per heavy atom. The van der Waals surface area contributed by atoms with Crippen LogP contribution in [-0.4, -0.2) is 32.4 Å². The van der Waals surface area contributed by atoms with Crippen LogP contribution >= 0.6 is 0 Å². The van der Waals surface area contributed by atoms with E-state index in [0.717, 1.165) is 22.5 Å². The minimum atomic E-state index is -0.106. The lowest BCUT2D eigenvalue weighted by Gasteiger charge is -2.11. The number of amides is 1. The maximum atomic E-state index is 12.5. The zero-order valence-electron chi connectivity index (χ0n) is 17.1. The number of rotatable bonds is 9. The molecule has 0 saturated heterocycles. The van der Waals surface area contributed by atoms with Crippen molar-refractivity contribution in [3.8, 4) is 11.5 Å². The highest BCUT2D eigenvalue weighted by Crippen LogP contribution is 2.27. The molecule has 3 aromatic carbocycles. The van der Waals surface area contributed by atoms with E-state index in [0.29, 0.717) is 18.0 Å². The number of hydrogen-bond donors (Lipinski definition) is 2. The van der Waals surface area contributed by atoms with Crippen LogP contribution in [0.15, 0.2) is 84.0 Å². The molecule has 0 fully saturated rings. The average molecular weight is 403 g/mol. The van der Waals surface area contributed by atoms with E-state index in [4.69, 9.17) is 9.47 Å². The lowest BCUT2D eigenvalue weighted by Crippen LogP contribution is -2.31. The molecule has 1 amide bonds. The number of nitrogens with zero attached hydrogens (tertiary/aromatic N) is 1. The van der Waals surface area contributed by atoms with Crippen LogP contribution in [-0.2, 0) is 11.2 Å². The summed E-state index contributed by atoms with van der Waals surface area (Å²) in [5.41, 5.74) is 6.44. The summed E-state index contributed by atoms with van der Waals surface area (Å²) in [5, 5.41) is 7.46. The van der Waals surface area contributed by atoms with Crippen molar-refractivity contribution in [2.45, 2.75) is 6.42 Å². The van der Waals surface area contributed by atoms with E-state index in [-0.39, 0.29) is 12.3 Å². The first-order valence-corrected chi connectivity index (χ1v) is 9.60. The fourth-order valence-electron chi connectivity index (χ4n) is 2.90. The van der Waals surface area contributed by atoms with Gasteiger partial charge in [-0.1, -0.05) is 54.6 Å². The Bertz CT molecular complexity index is 989. The molecule has 6 nitrogen and oxygen atoms in total. The monoisotopic (exact) mass is 403 g/mol. The van der Waals surface area contributed by atoms with Crippen molar-refractivity contribution in [3.05, 3.63) is 90.0 Å². The fraction of sp³-hybridized carbons (Fsp3) is 0.167. The fourth-order valence-corrected chi connectivity index (χ4v) is 2.90. The summed E-state index contributed by atoms with van der Waals surface area (Å²) in [6.45, 7) is 0.302. The lowest BCUT2D eigenvalue weighted by atomic mass is 10.1. The van der Waals surface area contributed by atoms with Crippen molar-refractivity contribution in [2.75, 3.05) is 26.2 Å². The van der Waals surface area contributed by atoms with E-state index in [1.165, 1.54) is 0 Å². The topological polar surface area (TPSA) is 72.0 Å². The molecule has 0 bridgehead atoms. The Balaban J connectivity index is 1.67. The minimum Gasteiger partial charge on any atom is -0.493 e. The molecule has 0 heterocycles. The molecular formula is C24H25N3O3. The molecular weight excluding hydrogens is 378 g/mol. The number of hydrazone groups is 1. The maximum absolute atomic E-state index is 12.5. The number of ether oxygens (including phenoxy) is 2. The van der Waals surface area contributed by atoms with Crippen LogP contribution in [0.3, 0.4) is 0 Å². The van der Waals surface area contributed by atoms with E-state index in [2.05, 4.69) is 15.8 Å². The molecule has 0 saturated carbocycles. The van der Waals surface area contributed by atoms with Crippen LogP contribution in [0.2, 0.25) is 0 Å². The Morgan fingerprint density at radius 1 is 0.867 bits per heavy atom. The largest absolute Gasteiger partial charge is 0.493 e. The maximum Gasteiger partial charge on any atom is 0.224 e. The predicted molar refractivity (Wildman–Crippen MR) is 119 cm³/mol. The molecule has 0 unspecified atom stereocenters. The third kappa shape index (κ3) is 5.85. The Kier molecular flexibility index (Phi) is 7.44. The molecule has 3 aromatic rings. The van der Waals surface area contributed by atoms with Gasteiger partial charge >= 0.3 is 0 Å². The molecule has 0 aliphatic rings. The van der Waals surface area contributed by atoms with Gasteiger partial charge in [0.2, 0.25) is 5.91 Å². The van der Waals surface area contributed by atoms with E-state index in [1.54, 1.807) is 20.3 Å².